The number of hydrogen-bond donors (Lipinski definition) is 3. The van der Waals surface area contributed by atoms with Gasteiger partial charge in [-0.15, -0.1) is 0 Å². The molecule has 8 atom stereocenters. The van der Waals surface area contributed by atoms with Gasteiger partial charge in [-0.3, -0.25) is 0 Å². The summed E-state index contributed by atoms with van der Waals surface area (Å²) in [6.45, 7) is 2.48. The highest BCUT2D eigenvalue weighted by Crippen LogP contribution is 2.69. The maximum atomic E-state index is 10.9. The zero-order chi connectivity index (χ0) is 22.6. The Morgan fingerprint density at radius 3 is 2.70 bits per heavy atom. The monoisotopic (exact) mass is 443 g/mol. The van der Waals surface area contributed by atoms with Gasteiger partial charge in [0.25, 0.3) is 0 Å². The molecule has 2 heterocycles. The van der Waals surface area contributed by atoms with Crippen LogP contribution in [0.15, 0.2) is 65.8 Å². The molecule has 2 bridgehead atoms. The van der Waals surface area contributed by atoms with Crippen LogP contribution in [-0.2, 0) is 4.74 Å². The van der Waals surface area contributed by atoms with Gasteiger partial charge in [0.15, 0.2) is 0 Å². The molecular formula is C29H33NO3. The van der Waals surface area contributed by atoms with E-state index in [-0.39, 0.29) is 11.0 Å². The third-order valence-corrected chi connectivity index (χ3v) is 10.1. The second kappa shape index (κ2) is 6.57. The first kappa shape index (κ1) is 20.4. The zero-order valence-electron chi connectivity index (χ0n) is 19.2. The molecule has 2 aromatic carbocycles. The summed E-state index contributed by atoms with van der Waals surface area (Å²) in [5.74, 6) is 0.949. The minimum absolute atomic E-state index is 0.137. The van der Waals surface area contributed by atoms with Crippen LogP contribution in [0.4, 0.5) is 0 Å². The van der Waals surface area contributed by atoms with Crippen LogP contribution in [0.25, 0.3) is 10.8 Å². The average molecular weight is 444 g/mol. The molecule has 2 aromatic rings. The van der Waals surface area contributed by atoms with E-state index in [1.54, 1.807) is 0 Å². The third kappa shape index (κ3) is 2.50. The number of nitrogens with two attached hydrogens (primary N) is 1. The molecule has 2 spiro atoms. The minimum Gasteiger partial charge on any atom is -0.388 e. The number of aliphatic hydroxyl groups excluding tert-OH is 2. The molecule has 3 fully saturated rings. The topological polar surface area (TPSA) is 75.7 Å². The second-order valence-corrected chi connectivity index (χ2v) is 11.5. The molecule has 4 N–H and O–H groups in total. The van der Waals surface area contributed by atoms with E-state index in [2.05, 4.69) is 61.5 Å². The first-order valence-corrected chi connectivity index (χ1v) is 12.6. The van der Waals surface area contributed by atoms with Crippen LogP contribution in [0.3, 0.4) is 0 Å². The number of ether oxygens (including phenoxy) is 1. The number of benzene rings is 2. The van der Waals surface area contributed by atoms with Crippen LogP contribution >= 0.6 is 0 Å². The van der Waals surface area contributed by atoms with Crippen molar-refractivity contribution in [2.45, 2.75) is 80.8 Å². The zero-order valence-corrected chi connectivity index (χ0v) is 19.2. The molecule has 5 aliphatic rings. The van der Waals surface area contributed by atoms with Gasteiger partial charge in [-0.1, -0.05) is 61.5 Å². The van der Waals surface area contributed by atoms with Crippen molar-refractivity contribution < 1.29 is 14.9 Å². The van der Waals surface area contributed by atoms with Crippen LogP contribution in [0.2, 0.25) is 0 Å². The normalized spacial score (nSPS) is 45.8. The van der Waals surface area contributed by atoms with Crippen molar-refractivity contribution in [2.24, 2.45) is 17.1 Å². The van der Waals surface area contributed by atoms with Gasteiger partial charge in [0.05, 0.1) is 17.3 Å². The molecule has 7 rings (SSSR count). The lowest BCUT2D eigenvalue weighted by Gasteiger charge is -2.55. The molecule has 3 aliphatic carbocycles. The van der Waals surface area contributed by atoms with Gasteiger partial charge in [0.1, 0.15) is 6.10 Å². The molecule has 4 heteroatoms. The molecule has 4 nitrogen and oxygen atoms in total. The van der Waals surface area contributed by atoms with Crippen LogP contribution in [-0.4, -0.2) is 39.7 Å². The first-order valence-electron chi connectivity index (χ1n) is 12.6. The lowest BCUT2D eigenvalue weighted by atomic mass is 9.58. The Morgan fingerprint density at radius 1 is 1.03 bits per heavy atom. The summed E-state index contributed by atoms with van der Waals surface area (Å²) < 4.78 is 7.12. The Morgan fingerprint density at radius 2 is 1.85 bits per heavy atom. The van der Waals surface area contributed by atoms with Gasteiger partial charge in [0.2, 0.25) is 0 Å². The van der Waals surface area contributed by atoms with Crippen molar-refractivity contribution in [1.29, 1.82) is 0 Å². The lowest BCUT2D eigenvalue weighted by Crippen LogP contribution is -2.61. The van der Waals surface area contributed by atoms with Gasteiger partial charge < -0.3 is 20.7 Å². The van der Waals surface area contributed by atoms with Crippen molar-refractivity contribution in [2.75, 3.05) is 0 Å². The van der Waals surface area contributed by atoms with Crippen molar-refractivity contribution in [1.82, 2.24) is 0 Å². The minimum atomic E-state index is -0.937. The highest BCUT2D eigenvalue weighted by Gasteiger charge is 2.67. The molecule has 0 aromatic heterocycles. The maximum Gasteiger partial charge on any atom is 0.105 e. The van der Waals surface area contributed by atoms with Crippen molar-refractivity contribution in [3.63, 3.8) is 0 Å². The Kier molecular flexibility index (Phi) is 4.06. The molecular weight excluding hydrogens is 410 g/mol. The molecule has 0 amide bonds. The molecule has 172 valence electrons. The summed E-state index contributed by atoms with van der Waals surface area (Å²) in [5.41, 5.74) is 9.12. The van der Waals surface area contributed by atoms with Crippen molar-refractivity contribution in [3.05, 3.63) is 71.3 Å². The Hall–Kier alpha value is -1.98. The number of allylic oxidation sites excluding steroid dienone is 1. The van der Waals surface area contributed by atoms with E-state index in [0.717, 1.165) is 31.3 Å². The highest BCUT2D eigenvalue weighted by atomic mass is 16.5. The fraction of sp³-hybridized carbons (Fsp3) is 0.517. The van der Waals surface area contributed by atoms with Crippen molar-refractivity contribution in [3.8, 4) is 0 Å². The van der Waals surface area contributed by atoms with Crippen LogP contribution in [0.5, 0.6) is 0 Å². The molecule has 1 saturated heterocycles. The predicted molar refractivity (Wildman–Crippen MR) is 129 cm³/mol. The van der Waals surface area contributed by atoms with Crippen LogP contribution in [0, 0.1) is 11.3 Å². The van der Waals surface area contributed by atoms with Crippen LogP contribution in [0.1, 0.15) is 56.9 Å². The lowest BCUT2D eigenvalue weighted by molar-refractivity contribution is -0.155. The molecule has 0 unspecified atom stereocenters. The summed E-state index contributed by atoms with van der Waals surface area (Å²) in [6, 6.07) is 15.2. The predicted octanol–water partition coefficient (Wildman–Crippen LogP) is 4.35. The summed E-state index contributed by atoms with van der Waals surface area (Å²) in [6.07, 6.45) is 8.49. The number of aliphatic hydroxyl groups is 2. The fourth-order valence-corrected chi connectivity index (χ4v) is 8.47. The quantitative estimate of drug-likeness (QED) is 0.613. The maximum absolute atomic E-state index is 10.9. The number of hydrogen-bond acceptors (Lipinski definition) is 4. The van der Waals surface area contributed by atoms with Gasteiger partial charge in [-0.25, -0.2) is 0 Å². The molecule has 2 aliphatic heterocycles. The highest BCUT2D eigenvalue weighted by molar-refractivity contribution is 5.83. The van der Waals surface area contributed by atoms with E-state index in [9.17, 15) is 10.2 Å². The summed E-state index contributed by atoms with van der Waals surface area (Å²) in [4.78, 5) is 0. The summed E-state index contributed by atoms with van der Waals surface area (Å²) in [5, 5.41) is 23.9. The van der Waals surface area contributed by atoms with Crippen molar-refractivity contribution >= 4 is 10.8 Å². The smallest absolute Gasteiger partial charge is 0.105 e. The first-order chi connectivity index (χ1) is 15.9. The van der Waals surface area contributed by atoms with Crippen LogP contribution < -0.4 is 5.73 Å². The SMILES string of the molecule is C[C@]12CC=C3C=C4[C@@H](O)[C@H](O)[C@@H](N)C[C@]45CC[C@]3(O5)[C@@H]1CC[C@@H]2c1ccc2ccccc2c1. The Balaban J connectivity index is 1.31. The number of rotatable bonds is 1. The molecule has 0 radical (unpaired) electrons. The molecule has 2 saturated carbocycles. The third-order valence-electron chi connectivity index (χ3n) is 10.1. The van der Waals surface area contributed by atoms with E-state index >= 15 is 0 Å². The van der Waals surface area contributed by atoms with E-state index in [1.165, 1.54) is 28.3 Å². The average Bonchev–Trinajstić information content (AvgIpc) is 3.33. The Bertz CT molecular complexity index is 1220. The standard InChI is InChI=1S/C29H33NO3/c1-27-11-10-20-15-22-25(31)26(32)23(30)16-28(22)12-13-29(20,33-28)24(27)9-8-21(27)19-7-6-17-4-2-3-5-18(17)14-19/h2-7,10,14-15,21,23-26,31-32H,8-9,11-13,16,30H2,1H3/t21-,23+,24-,25-,26-,27-,28-,29-/m1/s1. The van der Waals surface area contributed by atoms with Gasteiger partial charge in [-0.2, -0.15) is 0 Å². The molecule has 33 heavy (non-hydrogen) atoms. The van der Waals surface area contributed by atoms with Gasteiger partial charge in [0, 0.05) is 6.04 Å². The van der Waals surface area contributed by atoms with E-state index in [1.807, 2.05) is 0 Å². The summed E-state index contributed by atoms with van der Waals surface area (Å²) in [7, 11) is 0. The largest absolute Gasteiger partial charge is 0.388 e. The van der Waals surface area contributed by atoms with Gasteiger partial charge in [-0.05, 0) is 83.3 Å². The van der Waals surface area contributed by atoms with Gasteiger partial charge >= 0.3 is 0 Å². The Labute approximate surface area is 195 Å². The van der Waals surface area contributed by atoms with E-state index in [4.69, 9.17) is 10.5 Å². The van der Waals surface area contributed by atoms with E-state index < -0.39 is 23.9 Å². The second-order valence-electron chi connectivity index (χ2n) is 11.5. The van der Waals surface area contributed by atoms with E-state index in [0.29, 0.717) is 18.3 Å². The number of fused-ring (bicyclic) bond motifs is 2. The fourth-order valence-electron chi connectivity index (χ4n) is 8.47. The summed E-state index contributed by atoms with van der Waals surface area (Å²) >= 11 is 0.